The monoisotopic (exact) mass is 403 g/mol. The highest BCUT2D eigenvalue weighted by Gasteiger charge is 2.28. The summed E-state index contributed by atoms with van der Waals surface area (Å²) in [7, 11) is 1.42. The minimum absolute atomic E-state index is 0.148. The van der Waals surface area contributed by atoms with Crippen LogP contribution in [-0.4, -0.2) is 38.1 Å². The Morgan fingerprint density at radius 1 is 1.21 bits per heavy atom. The van der Waals surface area contributed by atoms with Gasteiger partial charge in [0.1, 0.15) is 18.1 Å². The van der Waals surface area contributed by atoms with Gasteiger partial charge in [0.2, 0.25) is 0 Å². The first-order chi connectivity index (χ1) is 13.5. The van der Waals surface area contributed by atoms with Crippen molar-refractivity contribution < 1.29 is 28.6 Å². The summed E-state index contributed by atoms with van der Waals surface area (Å²) in [5.41, 5.74) is 1.01. The second-order valence-electron chi connectivity index (χ2n) is 6.15. The molecule has 8 heteroatoms. The van der Waals surface area contributed by atoms with Crippen molar-refractivity contribution >= 4 is 29.4 Å². The van der Waals surface area contributed by atoms with Crippen LogP contribution in [0.2, 0.25) is 5.02 Å². The van der Waals surface area contributed by atoms with E-state index >= 15 is 0 Å². The Labute approximate surface area is 166 Å². The number of methoxy groups -OCH3 is 1. The second kappa shape index (κ2) is 8.75. The molecule has 28 heavy (non-hydrogen) atoms. The molecule has 2 aromatic rings. The average Bonchev–Trinajstić information content (AvgIpc) is 2.71. The maximum atomic E-state index is 12.2. The second-order valence-corrected chi connectivity index (χ2v) is 6.59. The summed E-state index contributed by atoms with van der Waals surface area (Å²) in [6.07, 6.45) is 0.399. The summed E-state index contributed by atoms with van der Waals surface area (Å²) in [6.45, 7) is -0.423. The molecule has 0 aromatic heterocycles. The summed E-state index contributed by atoms with van der Waals surface area (Å²) in [6, 6.07) is 11.7. The lowest BCUT2D eigenvalue weighted by Gasteiger charge is -2.24. The molecule has 1 atom stereocenters. The van der Waals surface area contributed by atoms with Gasteiger partial charge in [0.05, 0.1) is 18.6 Å². The maximum absolute atomic E-state index is 12.2. The highest BCUT2D eigenvalue weighted by atomic mass is 35.5. The van der Waals surface area contributed by atoms with E-state index in [0.29, 0.717) is 22.9 Å². The molecule has 146 valence electrons. The zero-order valence-corrected chi connectivity index (χ0v) is 15.8. The largest absolute Gasteiger partial charge is 0.496 e. The molecule has 0 saturated heterocycles. The van der Waals surface area contributed by atoms with Crippen LogP contribution >= 0.6 is 11.6 Å². The third kappa shape index (κ3) is 4.61. The third-order valence-electron chi connectivity index (χ3n) is 4.21. The van der Waals surface area contributed by atoms with E-state index in [1.54, 1.807) is 36.4 Å². The fraction of sp³-hybridized carbons (Fsp3) is 0.250. The molecule has 0 saturated carbocycles. The molecule has 1 aliphatic rings. The van der Waals surface area contributed by atoms with Crippen molar-refractivity contribution in [2.24, 2.45) is 5.92 Å². The fourth-order valence-electron chi connectivity index (χ4n) is 2.83. The Balaban J connectivity index is 1.52. The van der Waals surface area contributed by atoms with Crippen molar-refractivity contribution in [3.05, 3.63) is 58.6 Å². The number of fused-ring (bicyclic) bond motifs is 1. The number of esters is 1. The van der Waals surface area contributed by atoms with Gasteiger partial charge >= 0.3 is 5.97 Å². The lowest BCUT2D eigenvalue weighted by molar-refractivity contribution is -0.153. The number of rotatable bonds is 5. The molecule has 1 N–H and O–H groups in total. The van der Waals surface area contributed by atoms with Gasteiger partial charge in [0.15, 0.2) is 6.61 Å². The van der Waals surface area contributed by atoms with Gasteiger partial charge in [-0.15, -0.1) is 0 Å². The van der Waals surface area contributed by atoms with Crippen LogP contribution in [0, 0.1) is 5.92 Å². The van der Waals surface area contributed by atoms with Gasteiger partial charge in [-0.05, 0) is 42.3 Å². The van der Waals surface area contributed by atoms with Crippen molar-refractivity contribution in [1.82, 2.24) is 5.32 Å². The number of nitrogens with one attached hydrogen (secondary N) is 1. The van der Waals surface area contributed by atoms with Crippen LogP contribution in [-0.2, 0) is 20.7 Å². The van der Waals surface area contributed by atoms with E-state index in [1.807, 2.05) is 0 Å². The first-order valence-corrected chi connectivity index (χ1v) is 8.90. The number of para-hydroxylation sites is 1. The minimum atomic E-state index is -0.732. The standard InChI is InChI=1S/C20H18ClNO6/c1-26-17-5-3-2-4-15(17)19(24)22-18(23)11-28-20(25)13-8-12-9-14(21)6-7-16(12)27-10-13/h2-7,9,13H,8,10-11H2,1H3,(H,22,23,24)/t13-/m1/s1. The topological polar surface area (TPSA) is 90.9 Å². The lowest BCUT2D eigenvalue weighted by atomic mass is 9.97. The zero-order valence-electron chi connectivity index (χ0n) is 15.1. The van der Waals surface area contributed by atoms with Crippen LogP contribution < -0.4 is 14.8 Å². The SMILES string of the molecule is COc1ccccc1C(=O)NC(=O)COC(=O)[C@H]1COc2ccc(Cl)cc2C1. The van der Waals surface area contributed by atoms with E-state index in [2.05, 4.69) is 5.32 Å². The fourth-order valence-corrected chi connectivity index (χ4v) is 3.03. The molecule has 0 aliphatic carbocycles. The number of carbonyl (C=O) groups is 3. The van der Waals surface area contributed by atoms with Crippen molar-refractivity contribution in [3.63, 3.8) is 0 Å². The highest BCUT2D eigenvalue weighted by Crippen LogP contribution is 2.30. The van der Waals surface area contributed by atoms with Gasteiger partial charge in [0.25, 0.3) is 11.8 Å². The van der Waals surface area contributed by atoms with Crippen LogP contribution in [0.1, 0.15) is 15.9 Å². The lowest BCUT2D eigenvalue weighted by Crippen LogP contribution is -2.36. The van der Waals surface area contributed by atoms with Gasteiger partial charge in [-0.2, -0.15) is 0 Å². The van der Waals surface area contributed by atoms with Crippen LogP contribution in [0.15, 0.2) is 42.5 Å². The molecule has 2 amide bonds. The molecule has 7 nitrogen and oxygen atoms in total. The van der Waals surface area contributed by atoms with Crippen LogP contribution in [0.5, 0.6) is 11.5 Å². The van der Waals surface area contributed by atoms with E-state index < -0.39 is 30.3 Å². The van der Waals surface area contributed by atoms with Gasteiger partial charge in [-0.25, -0.2) is 0 Å². The molecule has 0 radical (unpaired) electrons. The minimum Gasteiger partial charge on any atom is -0.496 e. The predicted octanol–water partition coefficient (Wildman–Crippen LogP) is 2.40. The number of ether oxygens (including phenoxy) is 3. The summed E-state index contributed by atoms with van der Waals surface area (Å²) >= 11 is 5.96. The van der Waals surface area contributed by atoms with Gasteiger partial charge < -0.3 is 14.2 Å². The number of carbonyl (C=O) groups excluding carboxylic acids is 3. The van der Waals surface area contributed by atoms with Crippen molar-refractivity contribution in [1.29, 1.82) is 0 Å². The Bertz CT molecular complexity index is 913. The quantitative estimate of drug-likeness (QED) is 0.771. The molecule has 1 heterocycles. The number of imide groups is 1. The number of amides is 2. The van der Waals surface area contributed by atoms with E-state index in [0.717, 1.165) is 5.56 Å². The van der Waals surface area contributed by atoms with Crippen LogP contribution in [0.3, 0.4) is 0 Å². The predicted molar refractivity (Wildman–Crippen MR) is 101 cm³/mol. The van der Waals surface area contributed by atoms with Crippen molar-refractivity contribution in [2.75, 3.05) is 20.3 Å². The summed E-state index contributed by atoms with van der Waals surface area (Å²) in [4.78, 5) is 36.4. The molecule has 3 rings (SSSR count). The molecule has 0 unspecified atom stereocenters. The Hall–Kier alpha value is -3.06. The van der Waals surface area contributed by atoms with Crippen molar-refractivity contribution in [2.45, 2.75) is 6.42 Å². The van der Waals surface area contributed by atoms with Gasteiger partial charge in [0, 0.05) is 5.02 Å². The summed E-state index contributed by atoms with van der Waals surface area (Å²) in [5, 5.41) is 2.72. The van der Waals surface area contributed by atoms with Gasteiger partial charge in [-0.3, -0.25) is 19.7 Å². The maximum Gasteiger partial charge on any atom is 0.313 e. The Morgan fingerprint density at radius 3 is 2.79 bits per heavy atom. The number of benzene rings is 2. The Morgan fingerprint density at radius 2 is 2.00 bits per heavy atom. The molecule has 0 bridgehead atoms. The molecule has 0 spiro atoms. The van der Waals surface area contributed by atoms with Crippen LogP contribution in [0.4, 0.5) is 0 Å². The van der Waals surface area contributed by atoms with Crippen molar-refractivity contribution in [3.8, 4) is 11.5 Å². The smallest absolute Gasteiger partial charge is 0.313 e. The zero-order chi connectivity index (χ0) is 20.1. The molecule has 0 fully saturated rings. The van der Waals surface area contributed by atoms with E-state index in [4.69, 9.17) is 25.8 Å². The molecule has 1 aliphatic heterocycles. The van der Waals surface area contributed by atoms with Gasteiger partial charge in [-0.1, -0.05) is 23.7 Å². The summed E-state index contributed by atoms with van der Waals surface area (Å²) in [5.74, 6) is -1.49. The van der Waals surface area contributed by atoms with E-state index in [1.165, 1.54) is 13.2 Å². The van der Waals surface area contributed by atoms with E-state index in [-0.39, 0.29) is 12.2 Å². The average molecular weight is 404 g/mol. The van der Waals surface area contributed by atoms with Crippen LogP contribution in [0.25, 0.3) is 0 Å². The normalized spacial score (nSPS) is 15.0. The first kappa shape index (κ1) is 19.7. The first-order valence-electron chi connectivity index (χ1n) is 8.53. The molecular weight excluding hydrogens is 386 g/mol. The number of halogens is 1. The number of hydrogen-bond donors (Lipinski definition) is 1. The highest BCUT2D eigenvalue weighted by molar-refractivity contribution is 6.30. The summed E-state index contributed by atoms with van der Waals surface area (Å²) < 4.78 is 15.7. The Kier molecular flexibility index (Phi) is 6.16. The van der Waals surface area contributed by atoms with E-state index in [9.17, 15) is 14.4 Å². The third-order valence-corrected chi connectivity index (χ3v) is 4.45. The molecular formula is C20H18ClNO6. The molecule has 2 aromatic carbocycles. The number of hydrogen-bond acceptors (Lipinski definition) is 6.